The highest BCUT2D eigenvalue weighted by molar-refractivity contribution is 5.45. The second-order valence-electron chi connectivity index (χ2n) is 5.64. The zero-order valence-electron chi connectivity index (χ0n) is 12.9. The summed E-state index contributed by atoms with van der Waals surface area (Å²) in [6.07, 6.45) is 1.61. The number of fused-ring (bicyclic) bond motifs is 1. The number of rotatable bonds is 4. The fourth-order valence-corrected chi connectivity index (χ4v) is 2.29. The van der Waals surface area contributed by atoms with Crippen LogP contribution in [0.4, 0.5) is 4.39 Å². The number of hydrogen-bond donors (Lipinski definition) is 1. The molecule has 2 heterocycles. The number of aliphatic hydroxyl groups excluding tert-OH is 1. The lowest BCUT2D eigenvalue weighted by Gasteiger charge is -2.34. The highest BCUT2D eigenvalue weighted by atomic mass is 19.1. The van der Waals surface area contributed by atoms with E-state index in [0.29, 0.717) is 23.8 Å². The molecule has 5 nitrogen and oxygen atoms in total. The van der Waals surface area contributed by atoms with Crippen LogP contribution in [0.3, 0.4) is 0 Å². The first-order valence-corrected chi connectivity index (χ1v) is 7.18. The summed E-state index contributed by atoms with van der Waals surface area (Å²) in [5, 5.41) is 9.31. The quantitative estimate of drug-likeness (QED) is 0.937. The molecule has 0 atom stereocenters. The zero-order valence-corrected chi connectivity index (χ0v) is 12.9. The van der Waals surface area contributed by atoms with E-state index in [9.17, 15) is 9.50 Å². The van der Waals surface area contributed by atoms with Crippen molar-refractivity contribution in [2.24, 2.45) is 0 Å². The van der Waals surface area contributed by atoms with Gasteiger partial charge in [0, 0.05) is 31.2 Å². The summed E-state index contributed by atoms with van der Waals surface area (Å²) in [4.78, 5) is 4.18. The fourth-order valence-electron chi connectivity index (χ4n) is 2.29. The van der Waals surface area contributed by atoms with Crippen LogP contribution in [0.5, 0.6) is 11.5 Å². The molecule has 1 radical (unpaired) electrons. The first-order valence-electron chi connectivity index (χ1n) is 7.18. The minimum Gasteiger partial charge on any atom is -0.489 e. The van der Waals surface area contributed by atoms with E-state index in [1.165, 1.54) is 12.1 Å². The molecule has 0 amide bonds. The minimum atomic E-state index is -0.789. The Labute approximate surface area is 133 Å². The van der Waals surface area contributed by atoms with Crippen molar-refractivity contribution in [3.63, 3.8) is 0 Å². The molecule has 0 unspecified atom stereocenters. The molecule has 6 heteroatoms. The van der Waals surface area contributed by atoms with E-state index >= 15 is 0 Å². The molecule has 2 aromatic rings. The molecule has 1 aromatic carbocycles. The SMILES string of the molecule is CC1(C)OCc2c(COc3ccc(F)cc3)cnc([CH]O)c2O1. The average Bonchev–Trinajstić information content (AvgIpc) is 2.53. The van der Waals surface area contributed by atoms with E-state index in [0.717, 1.165) is 17.7 Å². The van der Waals surface area contributed by atoms with Gasteiger partial charge in [-0.3, -0.25) is 4.98 Å². The number of hydrogen-bond acceptors (Lipinski definition) is 5. The molecule has 1 N–H and O–H groups in total. The van der Waals surface area contributed by atoms with Crippen LogP contribution in [0.15, 0.2) is 30.5 Å². The Morgan fingerprint density at radius 3 is 2.78 bits per heavy atom. The Hall–Kier alpha value is -2.18. The Balaban J connectivity index is 1.84. The maximum absolute atomic E-state index is 12.9. The van der Waals surface area contributed by atoms with Crippen LogP contribution in [0.1, 0.15) is 30.7 Å². The Morgan fingerprint density at radius 2 is 2.09 bits per heavy atom. The van der Waals surface area contributed by atoms with Gasteiger partial charge in [-0.15, -0.1) is 0 Å². The van der Waals surface area contributed by atoms with E-state index in [1.54, 1.807) is 32.2 Å². The van der Waals surface area contributed by atoms with Gasteiger partial charge in [-0.05, 0) is 24.3 Å². The number of benzene rings is 1. The lowest BCUT2D eigenvalue weighted by atomic mass is 10.1. The first kappa shape index (κ1) is 15.7. The third-order valence-corrected chi connectivity index (χ3v) is 3.50. The van der Waals surface area contributed by atoms with Gasteiger partial charge in [-0.1, -0.05) is 0 Å². The summed E-state index contributed by atoms with van der Waals surface area (Å²) in [6, 6.07) is 5.78. The van der Waals surface area contributed by atoms with Crippen molar-refractivity contribution in [1.29, 1.82) is 0 Å². The summed E-state index contributed by atoms with van der Waals surface area (Å²) >= 11 is 0. The number of aliphatic hydroxyl groups is 1. The molecule has 0 fully saturated rings. The van der Waals surface area contributed by atoms with Gasteiger partial charge < -0.3 is 19.3 Å². The van der Waals surface area contributed by atoms with Gasteiger partial charge in [0.05, 0.1) is 6.61 Å². The smallest absolute Gasteiger partial charge is 0.205 e. The molecule has 0 saturated carbocycles. The summed E-state index contributed by atoms with van der Waals surface area (Å²) in [6.45, 7) is 5.05. The molecule has 23 heavy (non-hydrogen) atoms. The van der Waals surface area contributed by atoms with Crippen LogP contribution < -0.4 is 9.47 Å². The predicted octanol–water partition coefficient (Wildman–Crippen LogP) is 3.33. The largest absolute Gasteiger partial charge is 0.489 e. The highest BCUT2D eigenvalue weighted by Crippen LogP contribution is 2.36. The molecular weight excluding hydrogens is 301 g/mol. The van der Waals surface area contributed by atoms with Gasteiger partial charge >= 0.3 is 0 Å². The second-order valence-corrected chi connectivity index (χ2v) is 5.64. The van der Waals surface area contributed by atoms with Crippen molar-refractivity contribution in [1.82, 2.24) is 4.98 Å². The normalized spacial score (nSPS) is 15.7. The van der Waals surface area contributed by atoms with Crippen LogP contribution in [0.2, 0.25) is 0 Å². The monoisotopic (exact) mass is 318 g/mol. The van der Waals surface area contributed by atoms with Gasteiger partial charge in [0.1, 0.15) is 30.5 Å². The van der Waals surface area contributed by atoms with Crippen LogP contribution in [0, 0.1) is 12.4 Å². The number of nitrogens with zero attached hydrogens (tertiary/aromatic N) is 1. The van der Waals surface area contributed by atoms with E-state index in [4.69, 9.17) is 14.2 Å². The number of halogens is 1. The molecule has 0 bridgehead atoms. The van der Waals surface area contributed by atoms with Crippen LogP contribution in [0.25, 0.3) is 0 Å². The van der Waals surface area contributed by atoms with Crippen molar-refractivity contribution in [3.8, 4) is 11.5 Å². The lowest BCUT2D eigenvalue weighted by molar-refractivity contribution is -0.181. The van der Waals surface area contributed by atoms with Crippen molar-refractivity contribution >= 4 is 0 Å². The predicted molar refractivity (Wildman–Crippen MR) is 79.8 cm³/mol. The maximum Gasteiger partial charge on any atom is 0.205 e. The van der Waals surface area contributed by atoms with E-state index in [1.807, 2.05) is 0 Å². The zero-order chi connectivity index (χ0) is 16.4. The molecular formula is C17H17FNO4. The molecule has 1 aliphatic rings. The third kappa shape index (κ3) is 3.43. The van der Waals surface area contributed by atoms with Gasteiger partial charge in [-0.2, -0.15) is 0 Å². The van der Waals surface area contributed by atoms with Crippen molar-refractivity contribution in [3.05, 3.63) is 59.7 Å². The Morgan fingerprint density at radius 1 is 1.35 bits per heavy atom. The summed E-state index contributed by atoms with van der Waals surface area (Å²) in [7, 11) is 0. The number of aromatic nitrogens is 1. The number of pyridine rings is 1. The fraction of sp³-hybridized carbons (Fsp3) is 0.294. The molecule has 0 aliphatic carbocycles. The van der Waals surface area contributed by atoms with Crippen molar-refractivity contribution in [2.75, 3.05) is 0 Å². The van der Waals surface area contributed by atoms with Gasteiger partial charge in [-0.25, -0.2) is 4.39 Å². The summed E-state index contributed by atoms with van der Waals surface area (Å²) in [5.41, 5.74) is 1.91. The molecule has 3 rings (SSSR count). The average molecular weight is 318 g/mol. The molecule has 0 saturated heterocycles. The second kappa shape index (κ2) is 6.14. The molecule has 121 valence electrons. The van der Waals surface area contributed by atoms with Crippen LogP contribution in [-0.2, 0) is 18.0 Å². The van der Waals surface area contributed by atoms with E-state index < -0.39 is 5.79 Å². The summed E-state index contributed by atoms with van der Waals surface area (Å²) < 4.78 is 30.0. The number of ether oxygens (including phenoxy) is 3. The van der Waals surface area contributed by atoms with Crippen LogP contribution in [-0.4, -0.2) is 15.9 Å². The maximum atomic E-state index is 12.9. The first-order chi connectivity index (χ1) is 11.0. The molecule has 1 aliphatic heterocycles. The van der Waals surface area contributed by atoms with E-state index in [2.05, 4.69) is 4.98 Å². The summed E-state index contributed by atoms with van der Waals surface area (Å²) in [5.74, 6) is -0.0637. The van der Waals surface area contributed by atoms with Crippen molar-refractivity contribution < 1.29 is 23.7 Å². The standard InChI is InChI=1S/C17H17FNO4/c1-17(2)22-10-14-11(7-19-15(8-20)16(14)23-17)9-21-13-5-3-12(18)4-6-13/h3-8,20H,9-10H2,1-2H3. The van der Waals surface area contributed by atoms with E-state index in [-0.39, 0.29) is 12.4 Å². The van der Waals surface area contributed by atoms with Crippen molar-refractivity contribution in [2.45, 2.75) is 32.8 Å². The van der Waals surface area contributed by atoms with Crippen LogP contribution >= 0.6 is 0 Å². The molecule has 1 aromatic heterocycles. The van der Waals surface area contributed by atoms with Gasteiger partial charge in [0.25, 0.3) is 0 Å². The topological polar surface area (TPSA) is 60.8 Å². The Bertz CT molecular complexity index is 700. The molecule has 0 spiro atoms. The Kier molecular flexibility index (Phi) is 4.19. The minimum absolute atomic E-state index is 0.236. The lowest BCUT2D eigenvalue weighted by Crippen LogP contribution is -2.36. The van der Waals surface area contributed by atoms with Gasteiger partial charge in [0.15, 0.2) is 5.75 Å². The third-order valence-electron chi connectivity index (χ3n) is 3.50. The van der Waals surface area contributed by atoms with Gasteiger partial charge in [0.2, 0.25) is 5.79 Å². The highest BCUT2D eigenvalue weighted by Gasteiger charge is 2.31.